The highest BCUT2D eigenvalue weighted by molar-refractivity contribution is 6.13. The molecular formula is C18H24N2O4. The van der Waals surface area contributed by atoms with Gasteiger partial charge >= 0.3 is 0 Å². The van der Waals surface area contributed by atoms with Gasteiger partial charge in [-0.25, -0.2) is 0 Å². The minimum absolute atomic E-state index is 0.159. The van der Waals surface area contributed by atoms with E-state index in [1.54, 1.807) is 18.2 Å². The molecule has 24 heavy (non-hydrogen) atoms. The van der Waals surface area contributed by atoms with E-state index in [9.17, 15) is 9.59 Å². The molecule has 2 aliphatic rings. The number of anilines is 1. The molecule has 1 aliphatic heterocycles. The normalized spacial score (nSPS) is 17.0. The third kappa shape index (κ3) is 3.47. The number of hydrogen-bond donors (Lipinski definition) is 2. The summed E-state index contributed by atoms with van der Waals surface area (Å²) in [6.07, 6.45) is 4.33. The van der Waals surface area contributed by atoms with Gasteiger partial charge in [0.25, 0.3) is 0 Å². The van der Waals surface area contributed by atoms with Gasteiger partial charge in [-0.2, -0.15) is 0 Å². The number of hydrogen-bond acceptors (Lipinski definition) is 4. The Morgan fingerprint density at radius 1 is 1.08 bits per heavy atom. The first-order valence-electron chi connectivity index (χ1n) is 8.65. The summed E-state index contributed by atoms with van der Waals surface area (Å²) in [5.74, 6) is 0.891. The molecule has 1 heterocycles. The first kappa shape index (κ1) is 16.6. The lowest BCUT2D eigenvalue weighted by Crippen LogP contribution is -2.40. The van der Waals surface area contributed by atoms with Gasteiger partial charge in [-0.1, -0.05) is 19.8 Å². The minimum atomic E-state index is -0.903. The summed E-state index contributed by atoms with van der Waals surface area (Å²) in [7, 11) is 0. The van der Waals surface area contributed by atoms with Crippen molar-refractivity contribution in [1.29, 1.82) is 0 Å². The molecule has 0 unspecified atom stereocenters. The number of benzene rings is 1. The van der Waals surface area contributed by atoms with Crippen LogP contribution >= 0.6 is 0 Å². The molecule has 2 N–H and O–H groups in total. The average Bonchev–Trinajstić information content (AvgIpc) is 3.40. The van der Waals surface area contributed by atoms with Crippen molar-refractivity contribution in [3.63, 3.8) is 0 Å². The number of ether oxygens (including phenoxy) is 2. The largest absolute Gasteiger partial charge is 0.486 e. The minimum Gasteiger partial charge on any atom is -0.486 e. The van der Waals surface area contributed by atoms with Gasteiger partial charge in [0, 0.05) is 18.3 Å². The fourth-order valence-electron chi connectivity index (χ4n) is 2.80. The van der Waals surface area contributed by atoms with Crippen LogP contribution in [0.3, 0.4) is 0 Å². The van der Waals surface area contributed by atoms with Gasteiger partial charge in [0.2, 0.25) is 11.8 Å². The lowest BCUT2D eigenvalue weighted by molar-refractivity contribution is -0.134. The standard InChI is InChI=1S/C18H24N2O4/c1-2-3-4-9-19-16(21)18(7-8-18)17(22)20-13-5-6-14-15(12-13)24-11-10-23-14/h5-6,12H,2-4,7-11H2,1H3,(H,19,21)(H,20,22). The summed E-state index contributed by atoms with van der Waals surface area (Å²) >= 11 is 0. The fourth-order valence-corrected chi connectivity index (χ4v) is 2.80. The van der Waals surface area contributed by atoms with Crippen molar-refractivity contribution in [1.82, 2.24) is 5.32 Å². The molecule has 1 fully saturated rings. The van der Waals surface area contributed by atoms with Crippen LogP contribution in [0.2, 0.25) is 0 Å². The summed E-state index contributed by atoms with van der Waals surface area (Å²) in [6.45, 7) is 3.77. The van der Waals surface area contributed by atoms with Crippen LogP contribution in [0.25, 0.3) is 0 Å². The van der Waals surface area contributed by atoms with Gasteiger partial charge in [-0.15, -0.1) is 0 Å². The Balaban J connectivity index is 1.59. The van der Waals surface area contributed by atoms with Crippen LogP contribution < -0.4 is 20.1 Å². The molecule has 1 saturated carbocycles. The van der Waals surface area contributed by atoms with Crippen molar-refractivity contribution < 1.29 is 19.1 Å². The van der Waals surface area contributed by atoms with E-state index in [-0.39, 0.29) is 11.8 Å². The van der Waals surface area contributed by atoms with E-state index in [4.69, 9.17) is 9.47 Å². The average molecular weight is 332 g/mol. The lowest BCUT2D eigenvalue weighted by atomic mass is 10.0. The van der Waals surface area contributed by atoms with Crippen LogP contribution in [0.4, 0.5) is 5.69 Å². The summed E-state index contributed by atoms with van der Waals surface area (Å²) in [5.41, 5.74) is -0.284. The molecule has 0 spiro atoms. The first-order chi connectivity index (χ1) is 11.7. The third-order valence-electron chi connectivity index (χ3n) is 4.49. The molecule has 6 nitrogen and oxygen atoms in total. The number of carbonyl (C=O) groups is 2. The van der Waals surface area contributed by atoms with Crippen molar-refractivity contribution in [2.45, 2.75) is 39.0 Å². The second-order valence-electron chi connectivity index (χ2n) is 6.36. The zero-order chi connectivity index (χ0) is 17.0. The lowest BCUT2D eigenvalue weighted by Gasteiger charge is -2.20. The van der Waals surface area contributed by atoms with Crippen LogP contribution in [-0.2, 0) is 9.59 Å². The molecule has 0 aromatic heterocycles. The van der Waals surface area contributed by atoms with E-state index in [0.29, 0.717) is 49.8 Å². The number of amides is 2. The van der Waals surface area contributed by atoms with Gasteiger partial charge in [-0.3, -0.25) is 9.59 Å². The Morgan fingerprint density at radius 2 is 1.83 bits per heavy atom. The van der Waals surface area contributed by atoms with Crippen LogP contribution in [0.15, 0.2) is 18.2 Å². The zero-order valence-electron chi connectivity index (χ0n) is 14.0. The van der Waals surface area contributed by atoms with E-state index < -0.39 is 5.41 Å². The molecule has 1 aromatic carbocycles. The SMILES string of the molecule is CCCCCNC(=O)C1(C(=O)Nc2ccc3c(c2)OCCO3)CC1. The molecular weight excluding hydrogens is 308 g/mol. The number of nitrogens with one attached hydrogen (secondary N) is 2. The second kappa shape index (κ2) is 7.11. The van der Waals surface area contributed by atoms with E-state index in [1.165, 1.54) is 0 Å². The molecule has 0 bridgehead atoms. The smallest absolute Gasteiger partial charge is 0.240 e. The van der Waals surface area contributed by atoms with Crippen molar-refractivity contribution >= 4 is 17.5 Å². The maximum absolute atomic E-state index is 12.6. The Bertz CT molecular complexity index is 625. The van der Waals surface area contributed by atoms with E-state index in [1.807, 2.05) is 0 Å². The summed E-state index contributed by atoms with van der Waals surface area (Å²) < 4.78 is 11.0. The van der Waals surface area contributed by atoms with Crippen molar-refractivity contribution in [2.24, 2.45) is 5.41 Å². The molecule has 0 radical (unpaired) electrons. The fraction of sp³-hybridized carbons (Fsp3) is 0.556. The molecule has 1 aromatic rings. The predicted octanol–water partition coefficient (Wildman–Crippen LogP) is 2.48. The molecule has 2 amide bonds. The van der Waals surface area contributed by atoms with Crippen molar-refractivity contribution in [2.75, 3.05) is 25.1 Å². The highest BCUT2D eigenvalue weighted by Gasteiger charge is 2.56. The van der Waals surface area contributed by atoms with Crippen LogP contribution in [-0.4, -0.2) is 31.6 Å². The quantitative estimate of drug-likeness (QED) is 0.594. The Morgan fingerprint density at radius 3 is 2.54 bits per heavy atom. The number of rotatable bonds is 7. The third-order valence-corrected chi connectivity index (χ3v) is 4.49. The first-order valence-corrected chi connectivity index (χ1v) is 8.65. The van der Waals surface area contributed by atoms with Crippen LogP contribution in [0.1, 0.15) is 39.0 Å². The highest BCUT2D eigenvalue weighted by atomic mass is 16.6. The zero-order valence-corrected chi connectivity index (χ0v) is 14.0. The summed E-state index contributed by atoms with van der Waals surface area (Å²) in [6, 6.07) is 5.27. The van der Waals surface area contributed by atoms with Gasteiger partial charge < -0.3 is 20.1 Å². The second-order valence-corrected chi connectivity index (χ2v) is 6.36. The Kier molecular flexibility index (Phi) is 4.92. The predicted molar refractivity (Wildman–Crippen MR) is 90.3 cm³/mol. The summed E-state index contributed by atoms with van der Waals surface area (Å²) in [5, 5.41) is 5.73. The monoisotopic (exact) mass is 332 g/mol. The molecule has 6 heteroatoms. The molecule has 3 rings (SSSR count). The maximum atomic E-state index is 12.6. The Labute approximate surface area is 141 Å². The molecule has 130 valence electrons. The van der Waals surface area contributed by atoms with Gasteiger partial charge in [0.15, 0.2) is 11.5 Å². The van der Waals surface area contributed by atoms with Crippen LogP contribution in [0.5, 0.6) is 11.5 Å². The molecule has 0 saturated heterocycles. The number of fused-ring (bicyclic) bond motifs is 1. The molecule has 1 aliphatic carbocycles. The van der Waals surface area contributed by atoms with Crippen molar-refractivity contribution in [3.8, 4) is 11.5 Å². The number of unbranched alkanes of at least 4 members (excludes halogenated alkanes) is 2. The van der Waals surface area contributed by atoms with E-state index in [0.717, 1.165) is 19.3 Å². The highest BCUT2D eigenvalue weighted by Crippen LogP contribution is 2.47. The topological polar surface area (TPSA) is 76.7 Å². The van der Waals surface area contributed by atoms with E-state index in [2.05, 4.69) is 17.6 Å². The number of carbonyl (C=O) groups excluding carboxylic acids is 2. The van der Waals surface area contributed by atoms with Gasteiger partial charge in [0.1, 0.15) is 18.6 Å². The van der Waals surface area contributed by atoms with Gasteiger partial charge in [0.05, 0.1) is 0 Å². The summed E-state index contributed by atoms with van der Waals surface area (Å²) in [4.78, 5) is 24.9. The Hall–Kier alpha value is -2.24. The maximum Gasteiger partial charge on any atom is 0.240 e. The van der Waals surface area contributed by atoms with Gasteiger partial charge in [-0.05, 0) is 31.4 Å². The van der Waals surface area contributed by atoms with Crippen molar-refractivity contribution in [3.05, 3.63) is 18.2 Å². The molecule has 0 atom stereocenters. The van der Waals surface area contributed by atoms with Crippen LogP contribution in [0, 0.1) is 5.41 Å². The van der Waals surface area contributed by atoms with E-state index >= 15 is 0 Å².